The van der Waals surface area contributed by atoms with Crippen LogP contribution in [0.4, 0.5) is 0 Å². The maximum atomic E-state index is 12.1. The van der Waals surface area contributed by atoms with Crippen molar-refractivity contribution in [3.8, 4) is 0 Å². The SMILES string of the molecule is COC(C)c1nc(C)c(C(=O)NCC(N)C2CC2)s1.Cl.Cl. The first-order valence-electron chi connectivity index (χ1n) is 6.56. The third-order valence-corrected chi connectivity index (χ3v) is 4.76. The van der Waals surface area contributed by atoms with E-state index in [2.05, 4.69) is 10.3 Å². The van der Waals surface area contributed by atoms with Gasteiger partial charge in [-0.25, -0.2) is 4.98 Å². The van der Waals surface area contributed by atoms with Crippen LogP contribution >= 0.6 is 36.2 Å². The molecule has 2 unspecified atom stereocenters. The Hall–Kier alpha value is -0.400. The Bertz CT molecular complexity index is 466. The lowest BCUT2D eigenvalue weighted by Gasteiger charge is -2.10. The van der Waals surface area contributed by atoms with Crippen molar-refractivity contribution in [2.75, 3.05) is 13.7 Å². The highest BCUT2D eigenvalue weighted by atomic mass is 35.5. The van der Waals surface area contributed by atoms with Gasteiger partial charge >= 0.3 is 0 Å². The predicted octanol–water partition coefficient (Wildman–Crippen LogP) is 2.47. The lowest BCUT2D eigenvalue weighted by atomic mass is 10.2. The van der Waals surface area contributed by atoms with Gasteiger partial charge in [-0.1, -0.05) is 0 Å². The first-order chi connectivity index (χ1) is 9.02. The maximum absolute atomic E-state index is 12.1. The van der Waals surface area contributed by atoms with Crippen LogP contribution in [0.25, 0.3) is 0 Å². The molecule has 0 radical (unpaired) electrons. The smallest absolute Gasteiger partial charge is 0.263 e. The van der Waals surface area contributed by atoms with Gasteiger partial charge in [0, 0.05) is 19.7 Å². The lowest BCUT2D eigenvalue weighted by molar-refractivity contribution is 0.0953. The molecule has 1 aromatic heterocycles. The van der Waals surface area contributed by atoms with E-state index in [0.717, 1.165) is 10.7 Å². The maximum Gasteiger partial charge on any atom is 0.263 e. The Morgan fingerprint density at radius 1 is 1.52 bits per heavy atom. The second-order valence-electron chi connectivity index (χ2n) is 5.06. The van der Waals surface area contributed by atoms with E-state index in [-0.39, 0.29) is 42.9 Å². The van der Waals surface area contributed by atoms with E-state index in [1.807, 2.05) is 13.8 Å². The summed E-state index contributed by atoms with van der Waals surface area (Å²) in [5, 5.41) is 3.73. The molecule has 0 bridgehead atoms. The van der Waals surface area contributed by atoms with Crippen LogP contribution in [-0.4, -0.2) is 30.6 Å². The standard InChI is InChI=1S/C13H21N3O2S.2ClH/c1-7-11(19-13(16-7)8(2)18-3)12(17)15-6-10(14)9-4-5-9;;/h8-10H,4-6,14H2,1-3H3,(H,15,17);2*1H. The fraction of sp³-hybridized carbons (Fsp3) is 0.692. The first kappa shape index (κ1) is 20.6. The quantitative estimate of drug-likeness (QED) is 0.821. The number of aryl methyl sites for hydroxylation is 1. The topological polar surface area (TPSA) is 77.2 Å². The summed E-state index contributed by atoms with van der Waals surface area (Å²) in [6.07, 6.45) is 2.29. The van der Waals surface area contributed by atoms with Gasteiger partial charge in [-0.15, -0.1) is 36.2 Å². The van der Waals surface area contributed by atoms with Crippen LogP contribution in [0.2, 0.25) is 0 Å². The Morgan fingerprint density at radius 3 is 2.67 bits per heavy atom. The number of thiazole rings is 1. The number of nitrogens with zero attached hydrogens (tertiary/aromatic N) is 1. The van der Waals surface area contributed by atoms with Crippen molar-refractivity contribution < 1.29 is 9.53 Å². The number of halogens is 2. The Balaban J connectivity index is 0.00000200. The number of hydrogen-bond acceptors (Lipinski definition) is 5. The van der Waals surface area contributed by atoms with E-state index in [4.69, 9.17) is 10.5 Å². The van der Waals surface area contributed by atoms with Gasteiger partial charge in [0.05, 0.1) is 5.69 Å². The van der Waals surface area contributed by atoms with Crippen LogP contribution < -0.4 is 11.1 Å². The average molecular weight is 356 g/mol. The molecule has 8 heteroatoms. The summed E-state index contributed by atoms with van der Waals surface area (Å²) in [4.78, 5) is 17.1. The molecule has 0 spiro atoms. The van der Waals surface area contributed by atoms with Crippen LogP contribution in [0.5, 0.6) is 0 Å². The highest BCUT2D eigenvalue weighted by Gasteiger charge is 2.29. The molecule has 5 nitrogen and oxygen atoms in total. The van der Waals surface area contributed by atoms with Gasteiger partial charge in [0.1, 0.15) is 16.0 Å². The minimum Gasteiger partial charge on any atom is -0.375 e. The van der Waals surface area contributed by atoms with Crippen LogP contribution in [0.1, 0.15) is 46.2 Å². The molecule has 1 fully saturated rings. The summed E-state index contributed by atoms with van der Waals surface area (Å²) in [5.41, 5.74) is 6.72. The molecule has 2 rings (SSSR count). The molecular weight excluding hydrogens is 333 g/mol. The van der Waals surface area contributed by atoms with E-state index >= 15 is 0 Å². The van der Waals surface area contributed by atoms with Gasteiger partial charge in [-0.3, -0.25) is 4.79 Å². The highest BCUT2D eigenvalue weighted by molar-refractivity contribution is 7.13. The molecule has 3 N–H and O–H groups in total. The molecule has 1 aromatic rings. The van der Waals surface area contributed by atoms with Crippen molar-refractivity contribution in [3.05, 3.63) is 15.6 Å². The zero-order valence-corrected chi connectivity index (χ0v) is 14.9. The van der Waals surface area contributed by atoms with Crippen LogP contribution in [-0.2, 0) is 4.74 Å². The van der Waals surface area contributed by atoms with Crippen molar-refractivity contribution in [2.24, 2.45) is 11.7 Å². The number of rotatable bonds is 6. The summed E-state index contributed by atoms with van der Waals surface area (Å²) in [6.45, 7) is 4.30. The molecule has 0 aromatic carbocycles. The summed E-state index contributed by atoms with van der Waals surface area (Å²) in [6, 6.07) is 0.0783. The Kier molecular flexibility index (Phi) is 8.73. The summed E-state index contributed by atoms with van der Waals surface area (Å²) in [7, 11) is 1.63. The molecule has 21 heavy (non-hydrogen) atoms. The molecule has 1 aliphatic carbocycles. The number of hydrogen-bond donors (Lipinski definition) is 2. The first-order valence-corrected chi connectivity index (χ1v) is 7.38. The minimum absolute atomic E-state index is 0. The number of amides is 1. The van der Waals surface area contributed by atoms with Gasteiger partial charge in [-0.05, 0) is 32.6 Å². The number of carbonyl (C=O) groups excluding carboxylic acids is 1. The highest BCUT2D eigenvalue weighted by Crippen LogP contribution is 2.31. The van der Waals surface area contributed by atoms with E-state index < -0.39 is 0 Å². The number of nitrogens with two attached hydrogens (primary N) is 1. The monoisotopic (exact) mass is 355 g/mol. The third-order valence-electron chi connectivity index (χ3n) is 3.45. The molecule has 0 saturated heterocycles. The van der Waals surface area contributed by atoms with E-state index in [9.17, 15) is 4.79 Å². The summed E-state index contributed by atoms with van der Waals surface area (Å²) in [5.74, 6) is 0.507. The van der Waals surface area contributed by atoms with Gasteiger partial charge in [0.15, 0.2) is 0 Å². The lowest BCUT2D eigenvalue weighted by Crippen LogP contribution is -2.38. The van der Waals surface area contributed by atoms with E-state index in [0.29, 0.717) is 17.3 Å². The van der Waals surface area contributed by atoms with Crippen LogP contribution in [0, 0.1) is 12.8 Å². The third kappa shape index (κ3) is 5.38. The van der Waals surface area contributed by atoms with Gasteiger partial charge in [-0.2, -0.15) is 0 Å². The molecule has 0 aliphatic heterocycles. The zero-order valence-electron chi connectivity index (χ0n) is 12.4. The Labute approximate surface area is 141 Å². The predicted molar refractivity (Wildman–Crippen MR) is 89.8 cm³/mol. The molecule has 2 atom stereocenters. The van der Waals surface area contributed by atoms with Crippen molar-refractivity contribution in [2.45, 2.75) is 38.8 Å². The zero-order chi connectivity index (χ0) is 14.0. The van der Waals surface area contributed by atoms with Crippen molar-refractivity contribution in [1.29, 1.82) is 0 Å². The fourth-order valence-corrected chi connectivity index (χ4v) is 2.90. The second kappa shape index (κ2) is 8.90. The van der Waals surface area contributed by atoms with Gasteiger partial charge in [0.2, 0.25) is 0 Å². The number of carbonyl (C=O) groups is 1. The molecule has 1 aliphatic rings. The largest absolute Gasteiger partial charge is 0.375 e. The van der Waals surface area contributed by atoms with Crippen molar-refractivity contribution in [3.63, 3.8) is 0 Å². The Morgan fingerprint density at radius 2 is 2.14 bits per heavy atom. The van der Waals surface area contributed by atoms with E-state index in [1.165, 1.54) is 24.2 Å². The molecule has 1 amide bonds. The van der Waals surface area contributed by atoms with Gasteiger partial charge < -0.3 is 15.8 Å². The van der Waals surface area contributed by atoms with Crippen molar-refractivity contribution >= 4 is 42.1 Å². The second-order valence-corrected chi connectivity index (χ2v) is 6.09. The van der Waals surface area contributed by atoms with Crippen molar-refractivity contribution in [1.82, 2.24) is 10.3 Å². The number of aromatic nitrogens is 1. The van der Waals surface area contributed by atoms with Crippen LogP contribution in [0.15, 0.2) is 0 Å². The molecule has 1 heterocycles. The van der Waals surface area contributed by atoms with E-state index in [1.54, 1.807) is 7.11 Å². The minimum atomic E-state index is -0.0843. The molecule has 1 saturated carbocycles. The summed E-state index contributed by atoms with van der Waals surface area (Å²) < 4.78 is 5.22. The van der Waals surface area contributed by atoms with Crippen LogP contribution in [0.3, 0.4) is 0 Å². The summed E-state index contributed by atoms with van der Waals surface area (Å²) >= 11 is 1.39. The number of methoxy groups -OCH3 is 1. The normalized spacial score (nSPS) is 16.4. The van der Waals surface area contributed by atoms with Gasteiger partial charge in [0.25, 0.3) is 5.91 Å². The fourth-order valence-electron chi connectivity index (χ4n) is 1.88. The molecule has 122 valence electrons. The number of nitrogens with one attached hydrogen (secondary N) is 1. The number of ether oxygens (including phenoxy) is 1. The average Bonchev–Trinajstić information content (AvgIpc) is 3.17. The molecular formula is C13H23Cl2N3O2S.